The van der Waals surface area contributed by atoms with Gasteiger partial charge in [-0.1, -0.05) is 30.3 Å². The lowest BCUT2D eigenvalue weighted by atomic mass is 10.0. The first-order chi connectivity index (χ1) is 15.5. The first-order valence-electron chi connectivity index (χ1n) is 11.0. The average Bonchev–Trinajstić information content (AvgIpc) is 3.55. The molecule has 176 valence electrons. The Kier molecular flexibility index (Phi) is 7.26. The van der Waals surface area contributed by atoms with E-state index in [0.29, 0.717) is 11.3 Å². The van der Waals surface area contributed by atoms with Gasteiger partial charge in [-0.3, -0.25) is 9.59 Å². The number of anilines is 1. The van der Waals surface area contributed by atoms with Crippen molar-refractivity contribution in [2.45, 2.75) is 58.2 Å². The van der Waals surface area contributed by atoms with Crippen molar-refractivity contribution in [3.8, 4) is 5.75 Å². The van der Waals surface area contributed by atoms with Crippen LogP contribution in [0.3, 0.4) is 0 Å². The number of nitrogens with one attached hydrogen (secondary N) is 2. The molecule has 0 radical (unpaired) electrons. The molecule has 8 nitrogen and oxygen atoms in total. The summed E-state index contributed by atoms with van der Waals surface area (Å²) in [5.74, 6) is -0.805. The lowest BCUT2D eigenvalue weighted by molar-refractivity contribution is -0.139. The second kappa shape index (κ2) is 9.94. The van der Waals surface area contributed by atoms with Gasteiger partial charge in [0, 0.05) is 11.7 Å². The maximum absolute atomic E-state index is 13.5. The van der Waals surface area contributed by atoms with E-state index in [0.717, 1.165) is 18.4 Å². The number of aryl methyl sites for hydroxylation is 1. The zero-order valence-corrected chi connectivity index (χ0v) is 19.4. The molecule has 1 aliphatic carbocycles. The Morgan fingerprint density at radius 3 is 2.42 bits per heavy atom. The fourth-order valence-corrected chi connectivity index (χ4v) is 3.51. The highest BCUT2D eigenvalue weighted by molar-refractivity contribution is 5.99. The molecule has 0 spiro atoms. The van der Waals surface area contributed by atoms with Crippen LogP contribution in [0, 0.1) is 6.92 Å². The lowest BCUT2D eigenvalue weighted by Crippen LogP contribution is -2.47. The van der Waals surface area contributed by atoms with Gasteiger partial charge in [0.2, 0.25) is 5.91 Å². The molecule has 8 heteroatoms. The van der Waals surface area contributed by atoms with Gasteiger partial charge >= 0.3 is 6.09 Å². The number of benzene rings is 2. The number of rotatable bonds is 7. The maximum Gasteiger partial charge on any atom is 0.408 e. The van der Waals surface area contributed by atoms with Gasteiger partial charge in [0.1, 0.15) is 23.9 Å². The maximum atomic E-state index is 13.5. The third kappa shape index (κ3) is 6.71. The summed E-state index contributed by atoms with van der Waals surface area (Å²) >= 11 is 0. The van der Waals surface area contributed by atoms with Crippen molar-refractivity contribution >= 4 is 23.6 Å². The van der Waals surface area contributed by atoms with E-state index in [2.05, 4.69) is 10.6 Å². The van der Waals surface area contributed by atoms with Gasteiger partial charge in [-0.05, 0) is 69.9 Å². The molecule has 1 unspecified atom stereocenters. The van der Waals surface area contributed by atoms with Crippen LogP contribution in [0.4, 0.5) is 10.5 Å². The van der Waals surface area contributed by atoms with Gasteiger partial charge in [0.05, 0.1) is 0 Å². The second-order valence-corrected chi connectivity index (χ2v) is 9.19. The van der Waals surface area contributed by atoms with E-state index in [4.69, 9.17) is 4.74 Å². The van der Waals surface area contributed by atoms with Crippen molar-refractivity contribution in [1.29, 1.82) is 0 Å². The third-order valence-electron chi connectivity index (χ3n) is 5.13. The number of nitrogens with zero attached hydrogens (tertiary/aromatic N) is 1. The molecule has 1 aliphatic rings. The summed E-state index contributed by atoms with van der Waals surface area (Å²) in [6, 6.07) is 12.6. The Morgan fingerprint density at radius 1 is 1.12 bits per heavy atom. The normalized spacial score (nSPS) is 14.2. The number of hydrogen-bond donors (Lipinski definition) is 3. The SMILES string of the molecule is Cc1ccccc1NC(=O)C(c1cccc(O)c1)N(C(=O)CNC(=O)OC(C)(C)C)C1CC1. The van der Waals surface area contributed by atoms with Gasteiger partial charge in [-0.15, -0.1) is 0 Å². The highest BCUT2D eigenvalue weighted by Gasteiger charge is 2.41. The smallest absolute Gasteiger partial charge is 0.408 e. The number of phenols is 1. The third-order valence-corrected chi connectivity index (χ3v) is 5.13. The van der Waals surface area contributed by atoms with Crippen LogP contribution in [0.2, 0.25) is 0 Å². The molecule has 0 aromatic heterocycles. The molecular formula is C25H31N3O5. The quantitative estimate of drug-likeness (QED) is 0.589. The van der Waals surface area contributed by atoms with Crippen LogP contribution in [-0.2, 0) is 14.3 Å². The van der Waals surface area contributed by atoms with Crippen molar-refractivity contribution in [2.24, 2.45) is 0 Å². The van der Waals surface area contributed by atoms with Crippen LogP contribution in [0.25, 0.3) is 0 Å². The van der Waals surface area contributed by atoms with E-state index in [1.165, 1.54) is 17.0 Å². The molecule has 1 atom stereocenters. The molecule has 0 bridgehead atoms. The number of hydrogen-bond acceptors (Lipinski definition) is 5. The van der Waals surface area contributed by atoms with Gasteiger partial charge in [-0.25, -0.2) is 4.79 Å². The fraction of sp³-hybridized carbons (Fsp3) is 0.400. The molecule has 1 fully saturated rings. The predicted octanol–water partition coefficient (Wildman–Crippen LogP) is 3.90. The van der Waals surface area contributed by atoms with Gasteiger partial charge in [-0.2, -0.15) is 0 Å². The number of ether oxygens (including phenoxy) is 1. The molecule has 0 saturated heterocycles. The van der Waals surface area contributed by atoms with E-state index in [1.807, 2.05) is 25.1 Å². The second-order valence-electron chi connectivity index (χ2n) is 9.19. The summed E-state index contributed by atoms with van der Waals surface area (Å²) in [5.41, 5.74) is 1.32. The molecule has 3 N–H and O–H groups in total. The van der Waals surface area contributed by atoms with Crippen LogP contribution in [0.5, 0.6) is 5.75 Å². The first-order valence-corrected chi connectivity index (χ1v) is 11.0. The van der Waals surface area contributed by atoms with Gasteiger partial charge in [0.25, 0.3) is 5.91 Å². The summed E-state index contributed by atoms with van der Waals surface area (Å²) in [6.07, 6.45) is 0.806. The number of carbonyl (C=O) groups is 3. The van der Waals surface area contributed by atoms with E-state index >= 15 is 0 Å². The summed E-state index contributed by atoms with van der Waals surface area (Å²) in [7, 11) is 0. The number of carbonyl (C=O) groups excluding carboxylic acids is 3. The molecule has 3 amide bonds. The molecule has 0 aliphatic heterocycles. The monoisotopic (exact) mass is 453 g/mol. The molecule has 0 heterocycles. The summed E-state index contributed by atoms with van der Waals surface area (Å²) in [4.78, 5) is 40.3. The van der Waals surface area contributed by atoms with Crippen molar-refractivity contribution in [3.05, 3.63) is 59.7 Å². The molecule has 2 aromatic rings. The molecule has 2 aromatic carbocycles. The minimum Gasteiger partial charge on any atom is -0.508 e. The van der Waals surface area contributed by atoms with E-state index in [-0.39, 0.29) is 18.3 Å². The van der Waals surface area contributed by atoms with Crippen molar-refractivity contribution in [2.75, 3.05) is 11.9 Å². The van der Waals surface area contributed by atoms with E-state index in [1.54, 1.807) is 39.0 Å². The zero-order chi connectivity index (χ0) is 24.2. The van der Waals surface area contributed by atoms with Crippen LogP contribution in [-0.4, -0.2) is 46.1 Å². The molecule has 1 saturated carbocycles. The van der Waals surface area contributed by atoms with E-state index < -0.39 is 29.6 Å². The minimum absolute atomic E-state index is 0.00346. The van der Waals surface area contributed by atoms with Crippen LogP contribution >= 0.6 is 0 Å². The lowest BCUT2D eigenvalue weighted by Gasteiger charge is -2.32. The zero-order valence-electron chi connectivity index (χ0n) is 19.4. The van der Waals surface area contributed by atoms with Crippen LogP contribution < -0.4 is 10.6 Å². The van der Waals surface area contributed by atoms with Crippen LogP contribution in [0.15, 0.2) is 48.5 Å². The minimum atomic E-state index is -0.975. The predicted molar refractivity (Wildman–Crippen MR) is 125 cm³/mol. The standard InChI is InChI=1S/C25H31N3O5/c1-16-8-5-6-11-20(16)27-23(31)22(17-9-7-10-19(29)14-17)28(18-12-13-18)21(30)15-26-24(32)33-25(2,3)4/h5-11,14,18,22,29H,12-13,15H2,1-4H3,(H,26,32)(H,27,31). The Bertz CT molecular complexity index is 1030. The molecule has 3 rings (SSSR count). The highest BCUT2D eigenvalue weighted by atomic mass is 16.6. The summed E-state index contributed by atoms with van der Waals surface area (Å²) in [5, 5.41) is 15.4. The topological polar surface area (TPSA) is 108 Å². The first kappa shape index (κ1) is 24.1. The Hall–Kier alpha value is -3.55. The van der Waals surface area contributed by atoms with Crippen molar-refractivity contribution < 1.29 is 24.2 Å². The summed E-state index contributed by atoms with van der Waals surface area (Å²) in [6.45, 7) is 6.78. The van der Waals surface area contributed by atoms with Gasteiger partial charge < -0.3 is 25.4 Å². The average molecular weight is 454 g/mol. The highest BCUT2D eigenvalue weighted by Crippen LogP contribution is 2.36. The van der Waals surface area contributed by atoms with Crippen molar-refractivity contribution in [3.63, 3.8) is 0 Å². The number of aromatic hydroxyl groups is 1. The van der Waals surface area contributed by atoms with Gasteiger partial charge in [0.15, 0.2) is 0 Å². The van der Waals surface area contributed by atoms with Crippen LogP contribution in [0.1, 0.15) is 50.8 Å². The Balaban J connectivity index is 1.86. The fourth-order valence-electron chi connectivity index (χ4n) is 3.51. The van der Waals surface area contributed by atoms with Crippen molar-refractivity contribution in [1.82, 2.24) is 10.2 Å². The molecule has 33 heavy (non-hydrogen) atoms. The summed E-state index contributed by atoms with van der Waals surface area (Å²) < 4.78 is 5.21. The van der Waals surface area contributed by atoms with E-state index in [9.17, 15) is 19.5 Å². The number of alkyl carbamates (subject to hydrolysis) is 1. The number of phenolic OH excluding ortho intramolecular Hbond substituents is 1. The Morgan fingerprint density at radius 2 is 1.82 bits per heavy atom. The molecular weight excluding hydrogens is 422 g/mol. The largest absolute Gasteiger partial charge is 0.508 e. The Labute approximate surface area is 193 Å². The number of amides is 3. The number of para-hydroxylation sites is 1.